The summed E-state index contributed by atoms with van der Waals surface area (Å²) in [5.41, 5.74) is 0.603. The van der Waals surface area contributed by atoms with Gasteiger partial charge in [-0.2, -0.15) is 0 Å². The molecule has 0 bridgehead atoms. The maximum atomic E-state index is 13.7. The second-order valence-corrected chi connectivity index (χ2v) is 9.86. The Balaban J connectivity index is 1.69. The van der Waals surface area contributed by atoms with Crippen LogP contribution in [0.25, 0.3) is 10.8 Å². The average Bonchev–Trinajstić information content (AvgIpc) is 3.42. The van der Waals surface area contributed by atoms with Crippen molar-refractivity contribution in [1.29, 1.82) is 0 Å². The van der Waals surface area contributed by atoms with Crippen LogP contribution in [0.15, 0.2) is 77.7 Å². The van der Waals surface area contributed by atoms with Gasteiger partial charge in [0.25, 0.3) is 15.9 Å². The molecular weight excluding hydrogens is 462 g/mol. The van der Waals surface area contributed by atoms with E-state index in [-0.39, 0.29) is 23.2 Å². The van der Waals surface area contributed by atoms with Crippen molar-refractivity contribution < 1.29 is 22.7 Å². The van der Waals surface area contributed by atoms with Crippen molar-refractivity contribution in [3.05, 3.63) is 78.4 Å². The molecule has 2 atom stereocenters. The highest BCUT2D eigenvalue weighted by atomic mass is 32.2. The lowest BCUT2D eigenvalue weighted by Crippen LogP contribution is -2.47. The van der Waals surface area contributed by atoms with E-state index in [0.29, 0.717) is 5.56 Å². The number of thiocarbonyl (C=S) groups is 1. The van der Waals surface area contributed by atoms with Gasteiger partial charge in [-0.1, -0.05) is 60.7 Å². The molecule has 0 aliphatic carbocycles. The molecule has 0 saturated carbocycles. The lowest BCUT2D eigenvalue weighted by molar-refractivity contribution is -0.130. The van der Waals surface area contributed by atoms with Crippen LogP contribution in [0, 0.1) is 0 Å². The van der Waals surface area contributed by atoms with Crippen LogP contribution >= 0.6 is 12.2 Å². The normalized spacial score (nSPS) is 20.7. The van der Waals surface area contributed by atoms with Crippen molar-refractivity contribution in [2.75, 3.05) is 13.2 Å². The Morgan fingerprint density at radius 2 is 1.70 bits per heavy atom. The zero-order valence-corrected chi connectivity index (χ0v) is 18.9. The van der Waals surface area contributed by atoms with E-state index in [2.05, 4.69) is 5.32 Å². The monoisotopic (exact) mass is 481 g/mol. The second-order valence-electron chi connectivity index (χ2n) is 7.66. The van der Waals surface area contributed by atoms with E-state index < -0.39 is 34.1 Å². The molecule has 2 amide bonds. The maximum Gasteiger partial charge on any atom is 0.416 e. The molecule has 0 spiro atoms. The summed E-state index contributed by atoms with van der Waals surface area (Å²) in [7, 11) is -4.11. The fraction of sp³-hybridized carbons (Fsp3) is 0.174. The number of benzene rings is 3. The van der Waals surface area contributed by atoms with Crippen LogP contribution < -0.4 is 5.32 Å². The lowest BCUT2D eigenvalue weighted by Gasteiger charge is -2.28. The molecule has 0 unspecified atom stereocenters. The summed E-state index contributed by atoms with van der Waals surface area (Å²) < 4.78 is 33.4. The number of carbonyl (C=O) groups is 2. The van der Waals surface area contributed by atoms with Crippen LogP contribution in [-0.2, 0) is 19.6 Å². The van der Waals surface area contributed by atoms with Crippen LogP contribution in [0.3, 0.4) is 0 Å². The smallest absolute Gasteiger partial charge is 0.416 e. The minimum Gasteiger partial charge on any atom is -0.447 e. The van der Waals surface area contributed by atoms with Crippen molar-refractivity contribution in [2.45, 2.75) is 17.0 Å². The molecule has 2 saturated heterocycles. The van der Waals surface area contributed by atoms with Crippen LogP contribution in [0.2, 0.25) is 0 Å². The maximum absolute atomic E-state index is 13.7. The van der Waals surface area contributed by atoms with Gasteiger partial charge in [-0.15, -0.1) is 0 Å². The molecule has 0 radical (unpaired) electrons. The molecule has 33 heavy (non-hydrogen) atoms. The predicted octanol–water partition coefficient (Wildman–Crippen LogP) is 2.81. The van der Waals surface area contributed by atoms with Gasteiger partial charge in [-0.05, 0) is 40.7 Å². The van der Waals surface area contributed by atoms with E-state index in [1.165, 1.54) is 12.1 Å². The molecule has 0 aromatic heterocycles. The topological polar surface area (TPSA) is 96.0 Å². The second kappa shape index (κ2) is 8.13. The average molecular weight is 482 g/mol. The Kier molecular flexibility index (Phi) is 5.26. The van der Waals surface area contributed by atoms with Crippen LogP contribution in [-0.4, -0.2) is 53.9 Å². The number of carbonyl (C=O) groups excluding carboxylic acids is 2. The van der Waals surface area contributed by atoms with Crippen molar-refractivity contribution >= 4 is 50.1 Å². The fourth-order valence-electron chi connectivity index (χ4n) is 4.27. The van der Waals surface area contributed by atoms with Gasteiger partial charge in [0.2, 0.25) is 0 Å². The van der Waals surface area contributed by atoms with Gasteiger partial charge in [0, 0.05) is 0 Å². The van der Waals surface area contributed by atoms with Crippen LogP contribution in [0.4, 0.5) is 4.79 Å². The summed E-state index contributed by atoms with van der Waals surface area (Å²) in [5.74, 6) is -0.594. The number of fused-ring (bicyclic) bond motifs is 1. The lowest BCUT2D eigenvalue weighted by atomic mass is 9.94. The summed E-state index contributed by atoms with van der Waals surface area (Å²) in [5, 5.41) is 4.43. The Hall–Kier alpha value is -3.50. The number of rotatable bonds is 4. The highest BCUT2D eigenvalue weighted by molar-refractivity contribution is 7.91. The molecule has 1 N–H and O–H groups in total. The Bertz CT molecular complexity index is 1370. The van der Waals surface area contributed by atoms with E-state index >= 15 is 0 Å². The first-order chi connectivity index (χ1) is 15.9. The highest BCUT2D eigenvalue weighted by Crippen LogP contribution is 2.39. The third-order valence-electron chi connectivity index (χ3n) is 5.78. The number of hydrogen-bond donors (Lipinski definition) is 1. The van der Waals surface area contributed by atoms with Crippen LogP contribution in [0.1, 0.15) is 11.6 Å². The molecule has 2 heterocycles. The van der Waals surface area contributed by atoms with Gasteiger partial charge in [0.05, 0.1) is 11.4 Å². The zero-order chi connectivity index (χ0) is 23.2. The molecule has 2 fully saturated rings. The number of imide groups is 1. The molecule has 5 rings (SSSR count). The molecule has 8 nitrogen and oxygen atoms in total. The van der Waals surface area contributed by atoms with E-state index in [4.69, 9.17) is 17.0 Å². The van der Waals surface area contributed by atoms with Crippen LogP contribution in [0.5, 0.6) is 0 Å². The third kappa shape index (κ3) is 3.51. The largest absolute Gasteiger partial charge is 0.447 e. The number of ether oxygens (including phenoxy) is 1. The Labute approximate surface area is 195 Å². The molecule has 10 heteroatoms. The SMILES string of the molecule is O=C1OCCN1C(=O)[C@@H]1NC(=S)N(S(=O)(=O)c2ccccc2)[C@H]1c1cccc2ccccc12. The van der Waals surface area contributed by atoms with Gasteiger partial charge in [-0.25, -0.2) is 22.4 Å². The number of amides is 2. The number of hydrogen-bond acceptors (Lipinski definition) is 6. The van der Waals surface area contributed by atoms with Gasteiger partial charge in [-0.3, -0.25) is 4.79 Å². The Morgan fingerprint density at radius 1 is 1.00 bits per heavy atom. The van der Waals surface area contributed by atoms with Crippen molar-refractivity contribution in [1.82, 2.24) is 14.5 Å². The van der Waals surface area contributed by atoms with E-state index in [9.17, 15) is 18.0 Å². The zero-order valence-electron chi connectivity index (χ0n) is 17.2. The molecule has 2 aliphatic rings. The summed E-state index contributed by atoms with van der Waals surface area (Å²) >= 11 is 5.44. The van der Waals surface area contributed by atoms with Gasteiger partial charge >= 0.3 is 6.09 Å². The number of nitrogens with zero attached hydrogens (tertiary/aromatic N) is 2. The molecular formula is C23H19N3O5S2. The highest BCUT2D eigenvalue weighted by Gasteiger charge is 2.51. The molecule has 168 valence electrons. The Morgan fingerprint density at radius 3 is 2.42 bits per heavy atom. The van der Waals surface area contributed by atoms with Gasteiger partial charge in [0.15, 0.2) is 5.11 Å². The standard InChI is InChI=1S/C23H19N3O5S2/c27-21(25-13-14-31-23(25)28)19-20(18-12-6-8-15-7-4-5-11-17(15)18)26(22(32)24-19)33(29,30)16-9-2-1-3-10-16/h1-12,19-20H,13-14H2,(H,24,32)/t19-,20+/m1/s1. The minimum atomic E-state index is -4.11. The number of nitrogens with one attached hydrogen (secondary N) is 1. The van der Waals surface area contributed by atoms with Crippen molar-refractivity contribution in [3.8, 4) is 0 Å². The molecule has 2 aliphatic heterocycles. The predicted molar refractivity (Wildman–Crippen MR) is 125 cm³/mol. The van der Waals surface area contributed by atoms with Gasteiger partial charge < -0.3 is 10.1 Å². The quantitative estimate of drug-likeness (QED) is 0.573. The summed E-state index contributed by atoms with van der Waals surface area (Å²) in [6.07, 6.45) is -0.756. The molecule has 3 aromatic rings. The summed E-state index contributed by atoms with van der Waals surface area (Å²) in [6.45, 7) is 0.184. The minimum absolute atomic E-state index is 0.0491. The third-order valence-corrected chi connectivity index (χ3v) is 8.01. The fourth-order valence-corrected chi connectivity index (χ4v) is 6.34. The number of cyclic esters (lactones) is 1. The first-order valence-corrected chi connectivity index (χ1v) is 12.1. The van der Waals surface area contributed by atoms with E-state index in [0.717, 1.165) is 20.0 Å². The first kappa shape index (κ1) is 21.4. The van der Waals surface area contributed by atoms with Crippen molar-refractivity contribution in [2.24, 2.45) is 0 Å². The van der Waals surface area contributed by atoms with E-state index in [1.807, 2.05) is 30.3 Å². The molecule has 3 aromatic carbocycles. The van der Waals surface area contributed by atoms with Crippen molar-refractivity contribution in [3.63, 3.8) is 0 Å². The van der Waals surface area contributed by atoms with E-state index in [1.54, 1.807) is 30.3 Å². The van der Waals surface area contributed by atoms with Gasteiger partial charge in [0.1, 0.15) is 18.7 Å². The summed E-state index contributed by atoms with van der Waals surface area (Å²) in [4.78, 5) is 26.5. The first-order valence-electron chi connectivity index (χ1n) is 10.3. The summed E-state index contributed by atoms with van der Waals surface area (Å²) in [6, 6.07) is 18.8. The number of sulfonamides is 1.